The van der Waals surface area contributed by atoms with Crippen LogP contribution in [0.15, 0.2) is 60.7 Å². The molecule has 0 bridgehead atoms. The second-order valence-electron chi connectivity index (χ2n) is 5.97. The highest BCUT2D eigenvalue weighted by Gasteiger charge is 2.36. The van der Waals surface area contributed by atoms with Gasteiger partial charge in [0, 0.05) is 24.6 Å². The van der Waals surface area contributed by atoms with E-state index in [0.717, 1.165) is 30.8 Å². The van der Waals surface area contributed by atoms with E-state index in [4.69, 9.17) is 4.74 Å². The fourth-order valence-corrected chi connectivity index (χ4v) is 2.98. The van der Waals surface area contributed by atoms with Crippen LogP contribution in [-0.2, 0) is 15.3 Å². The summed E-state index contributed by atoms with van der Waals surface area (Å²) in [6.45, 7) is 9.08. The van der Waals surface area contributed by atoms with Crippen molar-refractivity contribution in [1.82, 2.24) is 10.2 Å². The van der Waals surface area contributed by atoms with Crippen molar-refractivity contribution in [3.05, 3.63) is 71.8 Å². The van der Waals surface area contributed by atoms with Crippen molar-refractivity contribution in [2.75, 3.05) is 26.2 Å². The Morgan fingerprint density at radius 2 is 1.44 bits per heavy atom. The number of carbonyl (C=O) groups is 1. The Hall–Kier alpha value is -2.17. The molecule has 0 unspecified atom stereocenters. The molecule has 25 heavy (non-hydrogen) atoms. The Labute approximate surface area is 150 Å². The molecule has 0 radical (unpaired) electrons. The summed E-state index contributed by atoms with van der Waals surface area (Å²) in [4.78, 5) is 14.3. The van der Waals surface area contributed by atoms with Gasteiger partial charge >= 0.3 is 0 Å². The average molecular weight is 340 g/mol. The topological polar surface area (TPSA) is 41.6 Å². The predicted octanol–water partition coefficient (Wildman–Crippen LogP) is 3.38. The first kappa shape index (κ1) is 19.2. The maximum absolute atomic E-state index is 12.0. The number of nitrogens with zero attached hydrogens (tertiary/aromatic N) is 1. The maximum Gasteiger partial charge on any atom is 0.219 e. The van der Waals surface area contributed by atoms with Gasteiger partial charge in [0.25, 0.3) is 0 Å². The summed E-state index contributed by atoms with van der Waals surface area (Å²) >= 11 is 0. The molecule has 1 amide bonds. The van der Waals surface area contributed by atoms with Gasteiger partial charge in [0.1, 0.15) is 0 Å². The van der Waals surface area contributed by atoms with Crippen molar-refractivity contribution in [1.29, 1.82) is 0 Å². The van der Waals surface area contributed by atoms with Crippen LogP contribution < -0.4 is 5.32 Å². The van der Waals surface area contributed by atoms with E-state index in [2.05, 4.69) is 24.1 Å². The Balaban J connectivity index is 2.39. The molecule has 4 nitrogen and oxygen atoms in total. The van der Waals surface area contributed by atoms with Gasteiger partial charge in [0.05, 0.1) is 6.61 Å². The smallest absolute Gasteiger partial charge is 0.219 e. The van der Waals surface area contributed by atoms with Gasteiger partial charge < -0.3 is 15.0 Å². The molecule has 0 aliphatic rings. The van der Waals surface area contributed by atoms with Crippen LogP contribution >= 0.6 is 0 Å². The highest BCUT2D eigenvalue weighted by Crippen LogP contribution is 2.31. The molecule has 134 valence electrons. The molecule has 4 heteroatoms. The summed E-state index contributed by atoms with van der Waals surface area (Å²) in [6, 6.07) is 19.7. The fourth-order valence-electron chi connectivity index (χ4n) is 2.98. The van der Waals surface area contributed by atoms with Gasteiger partial charge in [-0.25, -0.2) is 0 Å². The normalized spacial score (nSPS) is 11.5. The van der Waals surface area contributed by atoms with Crippen LogP contribution in [0.25, 0.3) is 0 Å². The SMILES string of the molecule is CCN(CC)CCOC(NC(C)=O)(c1ccccc1)c1ccccc1. The number of ether oxygens (including phenoxy) is 1. The van der Waals surface area contributed by atoms with Crippen LogP contribution in [-0.4, -0.2) is 37.0 Å². The van der Waals surface area contributed by atoms with E-state index >= 15 is 0 Å². The molecule has 0 aliphatic heterocycles. The number of rotatable bonds is 9. The largest absolute Gasteiger partial charge is 0.346 e. The molecule has 0 heterocycles. The molecule has 0 atom stereocenters. The van der Waals surface area contributed by atoms with Crippen molar-refractivity contribution >= 4 is 5.91 Å². The number of benzene rings is 2. The quantitative estimate of drug-likeness (QED) is 0.712. The van der Waals surface area contributed by atoms with Crippen LogP contribution in [0.4, 0.5) is 0 Å². The minimum atomic E-state index is -0.985. The molecule has 2 rings (SSSR count). The molecule has 0 aliphatic carbocycles. The lowest BCUT2D eigenvalue weighted by Crippen LogP contribution is -2.49. The van der Waals surface area contributed by atoms with E-state index in [1.165, 1.54) is 6.92 Å². The zero-order valence-electron chi connectivity index (χ0n) is 15.4. The zero-order chi connectivity index (χ0) is 18.1. The molecule has 1 N–H and O–H groups in total. The van der Waals surface area contributed by atoms with E-state index in [1.54, 1.807) is 0 Å². The Morgan fingerprint density at radius 1 is 0.960 bits per heavy atom. The molecule has 2 aromatic rings. The summed E-state index contributed by atoms with van der Waals surface area (Å²) in [5.41, 5.74) is 0.841. The third-order valence-electron chi connectivity index (χ3n) is 4.33. The molecule has 0 aromatic heterocycles. The summed E-state index contributed by atoms with van der Waals surface area (Å²) < 4.78 is 6.37. The van der Waals surface area contributed by atoms with Crippen LogP contribution in [0.2, 0.25) is 0 Å². The molecule has 0 spiro atoms. The van der Waals surface area contributed by atoms with Crippen molar-refractivity contribution in [2.24, 2.45) is 0 Å². The highest BCUT2D eigenvalue weighted by molar-refractivity contribution is 5.74. The first-order valence-electron chi connectivity index (χ1n) is 8.88. The van der Waals surface area contributed by atoms with E-state index in [9.17, 15) is 4.79 Å². The Morgan fingerprint density at radius 3 is 1.84 bits per heavy atom. The molecule has 2 aromatic carbocycles. The zero-order valence-corrected chi connectivity index (χ0v) is 15.4. The van der Waals surface area contributed by atoms with E-state index in [1.807, 2.05) is 60.7 Å². The lowest BCUT2D eigenvalue weighted by molar-refractivity contribution is -0.129. The van der Waals surface area contributed by atoms with Gasteiger partial charge in [-0.3, -0.25) is 4.79 Å². The van der Waals surface area contributed by atoms with Gasteiger partial charge in [-0.2, -0.15) is 0 Å². The van der Waals surface area contributed by atoms with Gasteiger partial charge in [0.15, 0.2) is 5.72 Å². The average Bonchev–Trinajstić information content (AvgIpc) is 2.65. The molecular formula is C21H28N2O2. The summed E-state index contributed by atoms with van der Waals surface area (Å²) in [6.07, 6.45) is 0. The van der Waals surface area contributed by atoms with Crippen molar-refractivity contribution in [3.8, 4) is 0 Å². The van der Waals surface area contributed by atoms with Crippen LogP contribution in [0, 0.1) is 0 Å². The van der Waals surface area contributed by atoms with Crippen LogP contribution in [0.1, 0.15) is 31.9 Å². The number of nitrogens with one attached hydrogen (secondary N) is 1. The van der Waals surface area contributed by atoms with Gasteiger partial charge in [-0.15, -0.1) is 0 Å². The van der Waals surface area contributed by atoms with E-state index in [-0.39, 0.29) is 5.91 Å². The lowest BCUT2D eigenvalue weighted by Gasteiger charge is -2.36. The third kappa shape index (κ3) is 4.91. The monoisotopic (exact) mass is 340 g/mol. The highest BCUT2D eigenvalue weighted by atomic mass is 16.5. The second kappa shape index (κ2) is 9.35. The summed E-state index contributed by atoms with van der Waals surface area (Å²) in [7, 11) is 0. The summed E-state index contributed by atoms with van der Waals surface area (Å²) in [5.74, 6) is -0.129. The van der Waals surface area contributed by atoms with E-state index < -0.39 is 5.72 Å². The number of carbonyl (C=O) groups excluding carboxylic acids is 1. The van der Waals surface area contributed by atoms with Gasteiger partial charge in [-0.05, 0) is 13.1 Å². The van der Waals surface area contributed by atoms with Gasteiger partial charge in [-0.1, -0.05) is 74.5 Å². The minimum Gasteiger partial charge on any atom is -0.346 e. The fraction of sp³-hybridized carbons (Fsp3) is 0.381. The molecule has 0 fully saturated rings. The first-order chi connectivity index (χ1) is 12.1. The number of hydrogen-bond acceptors (Lipinski definition) is 3. The van der Waals surface area contributed by atoms with E-state index in [0.29, 0.717) is 6.61 Å². The standard InChI is InChI=1S/C21H28N2O2/c1-4-23(5-2)16-17-25-21(22-18(3)24,19-12-8-6-9-13-19)20-14-10-7-11-15-20/h6-15H,4-5,16-17H2,1-3H3,(H,22,24). The first-order valence-corrected chi connectivity index (χ1v) is 8.88. The number of hydrogen-bond donors (Lipinski definition) is 1. The van der Waals surface area contributed by atoms with Crippen LogP contribution in [0.5, 0.6) is 0 Å². The van der Waals surface area contributed by atoms with Gasteiger partial charge in [0.2, 0.25) is 5.91 Å². The number of amides is 1. The molecule has 0 saturated carbocycles. The molecular weight excluding hydrogens is 312 g/mol. The lowest BCUT2D eigenvalue weighted by atomic mass is 9.94. The second-order valence-corrected chi connectivity index (χ2v) is 5.97. The molecule has 0 saturated heterocycles. The minimum absolute atomic E-state index is 0.129. The predicted molar refractivity (Wildman–Crippen MR) is 101 cm³/mol. The van der Waals surface area contributed by atoms with Crippen molar-refractivity contribution in [2.45, 2.75) is 26.5 Å². The Bertz CT molecular complexity index is 600. The van der Waals surface area contributed by atoms with Crippen LogP contribution in [0.3, 0.4) is 0 Å². The van der Waals surface area contributed by atoms with Crippen molar-refractivity contribution in [3.63, 3.8) is 0 Å². The van der Waals surface area contributed by atoms with Crippen molar-refractivity contribution < 1.29 is 9.53 Å². The number of likely N-dealkylation sites (N-methyl/N-ethyl adjacent to an activating group) is 1. The third-order valence-corrected chi connectivity index (χ3v) is 4.33. The Kier molecular flexibility index (Phi) is 7.16. The maximum atomic E-state index is 12.0. The summed E-state index contributed by atoms with van der Waals surface area (Å²) in [5, 5.41) is 3.06.